The van der Waals surface area contributed by atoms with Crippen molar-refractivity contribution in [3.8, 4) is 0 Å². The molecule has 4 aromatic rings. The van der Waals surface area contributed by atoms with Crippen LogP contribution in [0.1, 0.15) is 16.7 Å². The van der Waals surface area contributed by atoms with Crippen LogP contribution in [0.5, 0.6) is 0 Å². The van der Waals surface area contributed by atoms with Gasteiger partial charge in [-0.1, -0.05) is 42.5 Å². The first kappa shape index (κ1) is 21.8. The Morgan fingerprint density at radius 2 is 1.61 bits per heavy atom. The zero-order valence-electron chi connectivity index (χ0n) is 18.7. The van der Waals surface area contributed by atoms with E-state index >= 15 is 0 Å². The number of aryl methyl sites for hydroxylation is 2. The second-order valence-corrected chi connectivity index (χ2v) is 10.6. The molecule has 0 radical (unpaired) electrons. The maximum Gasteiger partial charge on any atom is 0.336 e. The highest BCUT2D eigenvalue weighted by Gasteiger charge is 2.29. The molecule has 0 aliphatic carbocycles. The van der Waals surface area contributed by atoms with Crippen LogP contribution in [0, 0.1) is 13.8 Å². The van der Waals surface area contributed by atoms with Crippen molar-refractivity contribution in [2.24, 2.45) is 0 Å². The molecular formula is C26H26N2O4S. The molecule has 5 rings (SSSR count). The molecule has 33 heavy (non-hydrogen) atoms. The van der Waals surface area contributed by atoms with Crippen molar-refractivity contribution in [1.82, 2.24) is 9.21 Å². The lowest BCUT2D eigenvalue weighted by molar-refractivity contribution is 0.182. The average molecular weight is 463 g/mol. The molecule has 0 N–H and O–H groups in total. The molecule has 3 aromatic carbocycles. The standard InChI is InChI=1S/C26H26N2O4S/c1-18-7-10-24-22(16-25(29)32-26(24)19(18)2)17-27-11-13-28(14-12-27)33(30,31)23-9-8-20-5-3-4-6-21(20)15-23/h3-10,15-16H,11-14,17H2,1-2H3. The molecule has 0 amide bonds. The smallest absolute Gasteiger partial charge is 0.336 e. The highest BCUT2D eigenvalue weighted by atomic mass is 32.2. The molecule has 1 aromatic heterocycles. The van der Waals surface area contributed by atoms with Gasteiger partial charge in [-0.25, -0.2) is 13.2 Å². The zero-order chi connectivity index (χ0) is 23.2. The summed E-state index contributed by atoms with van der Waals surface area (Å²) in [5.41, 5.74) is 3.24. The molecule has 0 bridgehead atoms. The number of nitrogens with zero attached hydrogens (tertiary/aromatic N) is 2. The molecule has 0 spiro atoms. The predicted octanol–water partition coefficient (Wildman–Crippen LogP) is 4.07. The maximum absolute atomic E-state index is 13.2. The van der Waals surface area contributed by atoms with Gasteiger partial charge in [-0.15, -0.1) is 0 Å². The van der Waals surface area contributed by atoms with E-state index in [1.165, 1.54) is 0 Å². The van der Waals surface area contributed by atoms with E-state index in [2.05, 4.69) is 4.90 Å². The Morgan fingerprint density at radius 1 is 0.879 bits per heavy atom. The Hall–Kier alpha value is -3.00. The Bertz CT molecular complexity index is 1520. The third-order valence-electron chi connectivity index (χ3n) is 6.60. The summed E-state index contributed by atoms with van der Waals surface area (Å²) in [6.07, 6.45) is 0. The molecule has 1 fully saturated rings. The minimum Gasteiger partial charge on any atom is -0.422 e. The van der Waals surface area contributed by atoms with Crippen LogP contribution < -0.4 is 5.63 Å². The Kier molecular flexibility index (Phi) is 5.56. The minimum atomic E-state index is -3.56. The largest absolute Gasteiger partial charge is 0.422 e. The summed E-state index contributed by atoms with van der Waals surface area (Å²) >= 11 is 0. The van der Waals surface area contributed by atoms with Gasteiger partial charge in [-0.2, -0.15) is 4.31 Å². The van der Waals surface area contributed by atoms with E-state index in [9.17, 15) is 13.2 Å². The van der Waals surface area contributed by atoms with E-state index in [0.717, 1.165) is 32.8 Å². The van der Waals surface area contributed by atoms with E-state index in [1.54, 1.807) is 22.5 Å². The van der Waals surface area contributed by atoms with Gasteiger partial charge in [0.15, 0.2) is 0 Å². The summed E-state index contributed by atoms with van der Waals surface area (Å²) < 4.78 is 33.5. The summed E-state index contributed by atoms with van der Waals surface area (Å²) in [6.45, 7) is 6.55. The van der Waals surface area contributed by atoms with Crippen LogP contribution in [0.15, 0.2) is 74.8 Å². The lowest BCUT2D eigenvalue weighted by Gasteiger charge is -2.34. The molecule has 1 saturated heterocycles. The van der Waals surface area contributed by atoms with Crippen molar-refractivity contribution in [2.45, 2.75) is 25.3 Å². The van der Waals surface area contributed by atoms with Gasteiger partial charge < -0.3 is 4.42 Å². The fourth-order valence-electron chi connectivity index (χ4n) is 4.50. The second-order valence-electron chi connectivity index (χ2n) is 8.66. The number of hydrogen-bond acceptors (Lipinski definition) is 5. The molecule has 7 heteroatoms. The molecule has 0 atom stereocenters. The highest BCUT2D eigenvalue weighted by molar-refractivity contribution is 7.89. The SMILES string of the molecule is Cc1ccc2c(CN3CCN(S(=O)(=O)c4ccc5ccccc5c4)CC3)cc(=O)oc2c1C. The maximum atomic E-state index is 13.2. The van der Waals surface area contributed by atoms with Crippen molar-refractivity contribution < 1.29 is 12.8 Å². The van der Waals surface area contributed by atoms with Crippen LogP contribution in [0.25, 0.3) is 21.7 Å². The third-order valence-corrected chi connectivity index (χ3v) is 8.50. The first-order chi connectivity index (χ1) is 15.8. The lowest BCUT2D eigenvalue weighted by Crippen LogP contribution is -2.48. The zero-order valence-corrected chi connectivity index (χ0v) is 19.6. The first-order valence-corrected chi connectivity index (χ1v) is 12.5. The van der Waals surface area contributed by atoms with Crippen LogP contribution in [0.3, 0.4) is 0 Å². The summed E-state index contributed by atoms with van der Waals surface area (Å²) in [4.78, 5) is 14.7. The van der Waals surface area contributed by atoms with Gasteiger partial charge in [0.2, 0.25) is 10.0 Å². The van der Waals surface area contributed by atoms with Crippen molar-refractivity contribution >= 4 is 31.8 Å². The van der Waals surface area contributed by atoms with Gasteiger partial charge in [0, 0.05) is 44.2 Å². The summed E-state index contributed by atoms with van der Waals surface area (Å²) in [6, 6.07) is 18.6. The second kappa shape index (κ2) is 8.41. The topological polar surface area (TPSA) is 70.8 Å². The molecule has 1 aliphatic heterocycles. The van der Waals surface area contributed by atoms with Gasteiger partial charge in [-0.3, -0.25) is 4.90 Å². The molecule has 170 valence electrons. The highest BCUT2D eigenvalue weighted by Crippen LogP contribution is 2.26. The monoisotopic (exact) mass is 462 g/mol. The molecule has 0 unspecified atom stereocenters. The van der Waals surface area contributed by atoms with E-state index in [-0.39, 0.29) is 5.63 Å². The van der Waals surface area contributed by atoms with Gasteiger partial charge in [0.05, 0.1) is 4.90 Å². The summed E-state index contributed by atoms with van der Waals surface area (Å²) in [5.74, 6) is 0. The van der Waals surface area contributed by atoms with E-state index < -0.39 is 10.0 Å². The van der Waals surface area contributed by atoms with Crippen LogP contribution in [0.4, 0.5) is 0 Å². The number of rotatable bonds is 4. The minimum absolute atomic E-state index is 0.326. The third kappa shape index (κ3) is 4.08. The summed E-state index contributed by atoms with van der Waals surface area (Å²) in [5, 5.41) is 2.87. The predicted molar refractivity (Wildman–Crippen MR) is 130 cm³/mol. The van der Waals surface area contributed by atoms with Crippen molar-refractivity contribution in [2.75, 3.05) is 26.2 Å². The van der Waals surface area contributed by atoms with E-state index in [4.69, 9.17) is 4.42 Å². The Labute approximate surface area is 193 Å². The normalized spacial score (nSPS) is 15.9. The Balaban J connectivity index is 1.34. The molecule has 0 saturated carbocycles. The van der Waals surface area contributed by atoms with Crippen molar-refractivity contribution in [3.63, 3.8) is 0 Å². The van der Waals surface area contributed by atoms with E-state index in [1.807, 2.05) is 56.3 Å². The number of fused-ring (bicyclic) bond motifs is 2. The Morgan fingerprint density at radius 3 is 2.36 bits per heavy atom. The van der Waals surface area contributed by atoms with Gasteiger partial charge in [0.1, 0.15) is 5.58 Å². The number of benzene rings is 3. The van der Waals surface area contributed by atoms with Crippen molar-refractivity contribution in [3.05, 3.63) is 87.8 Å². The number of sulfonamides is 1. The van der Waals surface area contributed by atoms with Crippen molar-refractivity contribution in [1.29, 1.82) is 0 Å². The van der Waals surface area contributed by atoms with Crippen LogP contribution in [-0.4, -0.2) is 43.8 Å². The summed E-state index contributed by atoms with van der Waals surface area (Å²) in [7, 11) is -3.56. The van der Waals surface area contributed by atoms with Gasteiger partial charge in [-0.05, 0) is 53.4 Å². The lowest BCUT2D eigenvalue weighted by atomic mass is 10.0. The molecule has 2 heterocycles. The van der Waals surface area contributed by atoms with Gasteiger partial charge in [0.25, 0.3) is 0 Å². The number of hydrogen-bond donors (Lipinski definition) is 0. The molecule has 6 nitrogen and oxygen atoms in total. The number of piperazine rings is 1. The fourth-order valence-corrected chi connectivity index (χ4v) is 5.96. The van der Waals surface area contributed by atoms with Gasteiger partial charge >= 0.3 is 5.63 Å². The molecule has 1 aliphatic rings. The fraction of sp³-hybridized carbons (Fsp3) is 0.269. The van der Waals surface area contributed by atoms with Crippen LogP contribution in [-0.2, 0) is 16.6 Å². The van der Waals surface area contributed by atoms with Crippen LogP contribution >= 0.6 is 0 Å². The van der Waals surface area contributed by atoms with E-state index in [0.29, 0.717) is 43.2 Å². The molecular weight excluding hydrogens is 436 g/mol. The average Bonchev–Trinajstić information content (AvgIpc) is 2.82. The quantitative estimate of drug-likeness (QED) is 0.428. The van der Waals surface area contributed by atoms with Crippen LogP contribution in [0.2, 0.25) is 0 Å². The first-order valence-electron chi connectivity index (χ1n) is 11.1.